The van der Waals surface area contributed by atoms with Crippen molar-refractivity contribution in [3.05, 3.63) is 63.8 Å². The molecule has 0 saturated heterocycles. The quantitative estimate of drug-likeness (QED) is 0.663. The fourth-order valence-corrected chi connectivity index (χ4v) is 2.24. The highest BCUT2D eigenvalue weighted by Crippen LogP contribution is 2.28. The molecule has 1 heterocycles. The minimum Gasteiger partial charge on any atom is -0.363 e. The number of hydrogen-bond acceptors (Lipinski definition) is 4. The monoisotopic (exact) mass is 285 g/mol. The van der Waals surface area contributed by atoms with E-state index < -0.39 is 0 Å². The van der Waals surface area contributed by atoms with Gasteiger partial charge >= 0.3 is 0 Å². The van der Waals surface area contributed by atoms with Crippen LogP contribution < -0.4 is 5.32 Å². The third-order valence-electron chi connectivity index (χ3n) is 3.33. The van der Waals surface area contributed by atoms with Crippen molar-refractivity contribution in [2.75, 3.05) is 5.32 Å². The predicted molar refractivity (Wildman–Crippen MR) is 83.3 cm³/mol. The first-order valence-corrected chi connectivity index (χ1v) is 6.91. The number of anilines is 1. The molecule has 0 aliphatic heterocycles. The first-order valence-electron chi connectivity index (χ1n) is 6.91. The Morgan fingerprint density at radius 3 is 2.62 bits per heavy atom. The van der Waals surface area contributed by atoms with Crippen LogP contribution in [0, 0.1) is 23.0 Å². The molecule has 0 spiro atoms. The van der Waals surface area contributed by atoms with E-state index in [0.717, 1.165) is 16.9 Å². The van der Waals surface area contributed by atoms with Crippen LogP contribution in [0.1, 0.15) is 31.0 Å². The van der Waals surface area contributed by atoms with Crippen LogP contribution in [0.3, 0.4) is 0 Å². The molecule has 0 radical (unpaired) electrons. The molecule has 1 aromatic carbocycles. The molecule has 0 saturated carbocycles. The van der Waals surface area contributed by atoms with E-state index in [4.69, 9.17) is 0 Å². The Hall–Kier alpha value is -2.43. The fraction of sp³-hybridized carbons (Fsp3) is 0.312. The molecular formula is C16H19N3O2. The molecule has 2 aromatic rings. The number of benzene rings is 1. The number of nitro benzene ring substituents is 1. The molecule has 5 nitrogen and oxygen atoms in total. The van der Waals surface area contributed by atoms with Gasteiger partial charge in [-0.3, -0.25) is 10.1 Å². The summed E-state index contributed by atoms with van der Waals surface area (Å²) in [4.78, 5) is 14.9. The van der Waals surface area contributed by atoms with Crippen molar-refractivity contribution < 1.29 is 4.92 Å². The van der Waals surface area contributed by atoms with Crippen molar-refractivity contribution in [2.45, 2.75) is 26.8 Å². The summed E-state index contributed by atoms with van der Waals surface area (Å²) in [6.07, 6.45) is 1.75. The number of aromatic nitrogens is 1. The Balaban J connectivity index is 2.31. The van der Waals surface area contributed by atoms with Crippen LogP contribution in [-0.2, 0) is 0 Å². The standard InChI is InChI=1S/C16H19N3O2/c1-11(2)16(18-15-9-12(3)7-8-17-15)13-5-4-6-14(10-13)19(20)21/h4-11,16H,1-3H3,(H,17,18). The van der Waals surface area contributed by atoms with E-state index in [0.29, 0.717) is 0 Å². The molecule has 1 N–H and O–H groups in total. The summed E-state index contributed by atoms with van der Waals surface area (Å²) in [6.45, 7) is 6.16. The van der Waals surface area contributed by atoms with Gasteiger partial charge in [-0.15, -0.1) is 0 Å². The maximum atomic E-state index is 10.9. The Labute approximate surface area is 124 Å². The van der Waals surface area contributed by atoms with Crippen LogP contribution in [0.4, 0.5) is 11.5 Å². The van der Waals surface area contributed by atoms with Crippen LogP contribution >= 0.6 is 0 Å². The highest BCUT2D eigenvalue weighted by atomic mass is 16.6. The van der Waals surface area contributed by atoms with Gasteiger partial charge in [0.25, 0.3) is 5.69 Å². The van der Waals surface area contributed by atoms with E-state index >= 15 is 0 Å². The highest BCUT2D eigenvalue weighted by molar-refractivity contribution is 5.43. The van der Waals surface area contributed by atoms with Crippen LogP contribution in [0.15, 0.2) is 42.6 Å². The van der Waals surface area contributed by atoms with Crippen molar-refractivity contribution in [3.8, 4) is 0 Å². The number of rotatable bonds is 5. The van der Waals surface area contributed by atoms with Gasteiger partial charge in [0.05, 0.1) is 11.0 Å². The summed E-state index contributed by atoms with van der Waals surface area (Å²) < 4.78 is 0. The van der Waals surface area contributed by atoms with E-state index in [1.165, 1.54) is 6.07 Å². The van der Waals surface area contributed by atoms with Crippen molar-refractivity contribution in [1.82, 2.24) is 4.98 Å². The van der Waals surface area contributed by atoms with Gasteiger partial charge in [-0.1, -0.05) is 26.0 Å². The highest BCUT2D eigenvalue weighted by Gasteiger charge is 2.18. The van der Waals surface area contributed by atoms with Gasteiger partial charge in [0.2, 0.25) is 0 Å². The van der Waals surface area contributed by atoms with E-state index in [1.54, 1.807) is 18.3 Å². The minimum absolute atomic E-state index is 0.0285. The summed E-state index contributed by atoms with van der Waals surface area (Å²) in [6, 6.07) is 10.6. The Morgan fingerprint density at radius 2 is 2.00 bits per heavy atom. The zero-order valence-electron chi connectivity index (χ0n) is 12.4. The molecule has 1 aromatic heterocycles. The average Bonchev–Trinajstić information content (AvgIpc) is 2.44. The second-order valence-corrected chi connectivity index (χ2v) is 5.44. The number of pyridine rings is 1. The smallest absolute Gasteiger partial charge is 0.269 e. The minimum atomic E-state index is -0.369. The van der Waals surface area contributed by atoms with E-state index in [-0.39, 0.29) is 22.6 Å². The summed E-state index contributed by atoms with van der Waals surface area (Å²) >= 11 is 0. The molecule has 0 fully saturated rings. The van der Waals surface area contributed by atoms with Crippen molar-refractivity contribution in [2.24, 2.45) is 5.92 Å². The third-order valence-corrected chi connectivity index (χ3v) is 3.33. The normalized spacial score (nSPS) is 12.2. The zero-order chi connectivity index (χ0) is 15.4. The SMILES string of the molecule is Cc1ccnc(NC(c2cccc([N+](=O)[O-])c2)C(C)C)c1. The van der Waals surface area contributed by atoms with Gasteiger partial charge in [-0.25, -0.2) is 4.98 Å². The van der Waals surface area contributed by atoms with E-state index in [1.807, 2.05) is 25.1 Å². The molecule has 5 heteroatoms. The number of aryl methyl sites for hydroxylation is 1. The lowest BCUT2D eigenvalue weighted by Crippen LogP contribution is -2.17. The Kier molecular flexibility index (Phi) is 4.52. The summed E-state index contributed by atoms with van der Waals surface area (Å²) in [7, 11) is 0. The zero-order valence-corrected chi connectivity index (χ0v) is 12.4. The average molecular weight is 285 g/mol. The first kappa shape index (κ1) is 15.0. The molecule has 1 unspecified atom stereocenters. The van der Waals surface area contributed by atoms with Crippen LogP contribution in [0.25, 0.3) is 0 Å². The van der Waals surface area contributed by atoms with E-state index in [2.05, 4.69) is 24.1 Å². The molecule has 0 bridgehead atoms. The number of non-ortho nitro benzene ring substituents is 1. The van der Waals surface area contributed by atoms with Gasteiger partial charge in [0.15, 0.2) is 0 Å². The van der Waals surface area contributed by atoms with Gasteiger partial charge in [0, 0.05) is 18.3 Å². The molecule has 2 rings (SSSR count). The molecule has 1 atom stereocenters. The van der Waals surface area contributed by atoms with Gasteiger partial charge in [-0.2, -0.15) is 0 Å². The van der Waals surface area contributed by atoms with Gasteiger partial charge in [0.1, 0.15) is 5.82 Å². The second kappa shape index (κ2) is 6.35. The Bertz CT molecular complexity index is 641. The van der Waals surface area contributed by atoms with Gasteiger partial charge in [-0.05, 0) is 36.1 Å². The summed E-state index contributed by atoms with van der Waals surface area (Å²) in [5, 5.41) is 14.3. The number of nitrogens with one attached hydrogen (secondary N) is 1. The summed E-state index contributed by atoms with van der Waals surface area (Å²) in [5.41, 5.74) is 2.12. The lowest BCUT2D eigenvalue weighted by molar-refractivity contribution is -0.384. The molecular weight excluding hydrogens is 266 g/mol. The molecule has 110 valence electrons. The van der Waals surface area contributed by atoms with Crippen molar-refractivity contribution >= 4 is 11.5 Å². The van der Waals surface area contributed by atoms with Crippen molar-refractivity contribution in [3.63, 3.8) is 0 Å². The molecule has 0 amide bonds. The fourth-order valence-electron chi connectivity index (χ4n) is 2.24. The largest absolute Gasteiger partial charge is 0.363 e. The second-order valence-electron chi connectivity index (χ2n) is 5.44. The first-order chi connectivity index (χ1) is 9.97. The number of nitro groups is 1. The predicted octanol–water partition coefficient (Wildman–Crippen LogP) is 4.11. The van der Waals surface area contributed by atoms with Crippen LogP contribution in [-0.4, -0.2) is 9.91 Å². The lowest BCUT2D eigenvalue weighted by atomic mass is 9.95. The molecule has 0 aliphatic rings. The molecule has 0 aliphatic carbocycles. The van der Waals surface area contributed by atoms with Gasteiger partial charge < -0.3 is 5.32 Å². The Morgan fingerprint density at radius 1 is 1.24 bits per heavy atom. The van der Waals surface area contributed by atoms with E-state index in [9.17, 15) is 10.1 Å². The third kappa shape index (κ3) is 3.78. The maximum Gasteiger partial charge on any atom is 0.269 e. The topological polar surface area (TPSA) is 68.1 Å². The summed E-state index contributed by atoms with van der Waals surface area (Å²) in [5.74, 6) is 1.05. The number of nitrogens with zero attached hydrogens (tertiary/aromatic N) is 2. The number of hydrogen-bond donors (Lipinski definition) is 1. The lowest BCUT2D eigenvalue weighted by Gasteiger charge is -2.23. The van der Waals surface area contributed by atoms with Crippen molar-refractivity contribution in [1.29, 1.82) is 0 Å². The van der Waals surface area contributed by atoms with Crippen LogP contribution in [0.2, 0.25) is 0 Å². The van der Waals surface area contributed by atoms with Crippen LogP contribution in [0.5, 0.6) is 0 Å². The molecule has 21 heavy (non-hydrogen) atoms. The maximum absolute atomic E-state index is 10.9.